The molecule has 0 spiro atoms. The van der Waals surface area contributed by atoms with Gasteiger partial charge in [-0.1, -0.05) is 12.1 Å². The van der Waals surface area contributed by atoms with Crippen LogP contribution in [0.2, 0.25) is 0 Å². The normalized spacial score (nSPS) is 17.5. The smallest absolute Gasteiger partial charge is 0.417 e. The summed E-state index contributed by atoms with van der Waals surface area (Å²) in [6.45, 7) is 0.139. The molecule has 0 aliphatic carbocycles. The summed E-state index contributed by atoms with van der Waals surface area (Å²) in [5.74, 6) is 0.744. The number of hydrogen-bond donors (Lipinski definition) is 2. The molecule has 0 saturated carbocycles. The Labute approximate surface area is 138 Å². The Balaban J connectivity index is 1.75. The molecule has 1 aliphatic rings. The Morgan fingerprint density at radius 2 is 1.88 bits per heavy atom. The van der Waals surface area contributed by atoms with E-state index in [2.05, 4.69) is 5.32 Å². The predicted molar refractivity (Wildman–Crippen MR) is 81.9 cm³/mol. The monoisotopic (exact) mass is 346 g/mol. The minimum absolute atomic E-state index is 0.121. The van der Waals surface area contributed by atoms with E-state index >= 15 is 0 Å². The van der Waals surface area contributed by atoms with E-state index in [1.165, 1.54) is 4.90 Å². The number of urea groups is 1. The van der Waals surface area contributed by atoms with Crippen LogP contribution < -0.4 is 10.1 Å². The maximum atomic E-state index is 12.7. The molecule has 1 heterocycles. The first-order valence-electron chi connectivity index (χ1n) is 7.70. The molecule has 0 atom stereocenters. The average Bonchev–Trinajstić information content (AvgIpc) is 2.55. The molecule has 1 aromatic rings. The number of nitrogens with zero attached hydrogens (tertiary/aromatic N) is 1. The van der Waals surface area contributed by atoms with Crippen LogP contribution in [-0.4, -0.2) is 54.6 Å². The van der Waals surface area contributed by atoms with Crippen LogP contribution in [0, 0.1) is 0 Å². The van der Waals surface area contributed by atoms with Crippen LogP contribution in [0.1, 0.15) is 18.4 Å². The van der Waals surface area contributed by atoms with E-state index in [1.54, 1.807) is 7.11 Å². The van der Waals surface area contributed by atoms with E-state index in [-0.39, 0.29) is 13.1 Å². The molecule has 2 rings (SSSR count). The van der Waals surface area contributed by atoms with Crippen LogP contribution in [0.4, 0.5) is 18.0 Å². The molecule has 0 aromatic heterocycles. The molecule has 2 N–H and O–H groups in total. The number of nitrogens with one attached hydrogen (secondary N) is 1. The van der Waals surface area contributed by atoms with Gasteiger partial charge in [-0.3, -0.25) is 0 Å². The zero-order chi connectivity index (χ0) is 17.8. The first kappa shape index (κ1) is 18.4. The number of amides is 2. The van der Waals surface area contributed by atoms with Crippen molar-refractivity contribution in [2.45, 2.75) is 31.0 Å². The number of hydrogen-bond acceptors (Lipinski definition) is 3. The number of ether oxygens (including phenoxy) is 1. The number of carbonyl (C=O) groups is 1. The van der Waals surface area contributed by atoms with Crippen molar-refractivity contribution in [3.8, 4) is 5.75 Å². The van der Waals surface area contributed by atoms with E-state index in [0.717, 1.165) is 11.3 Å². The lowest BCUT2D eigenvalue weighted by Gasteiger charge is -2.39. The zero-order valence-corrected chi connectivity index (χ0v) is 13.4. The van der Waals surface area contributed by atoms with Crippen LogP contribution in [0.25, 0.3) is 0 Å². The number of carbonyl (C=O) groups excluding carboxylic acids is 1. The lowest BCUT2D eigenvalue weighted by Crippen LogP contribution is -2.55. The number of benzene rings is 1. The highest BCUT2D eigenvalue weighted by Gasteiger charge is 2.54. The highest BCUT2D eigenvalue weighted by Crippen LogP contribution is 2.38. The lowest BCUT2D eigenvalue weighted by atomic mass is 9.91. The fraction of sp³-hybridized carbons (Fsp3) is 0.562. The molecular formula is C16H21F3N2O3. The highest BCUT2D eigenvalue weighted by atomic mass is 19.4. The van der Waals surface area contributed by atoms with Crippen LogP contribution in [0.15, 0.2) is 24.3 Å². The molecule has 8 heteroatoms. The van der Waals surface area contributed by atoms with Crippen molar-refractivity contribution in [1.29, 1.82) is 0 Å². The third kappa shape index (κ3) is 4.31. The fourth-order valence-electron chi connectivity index (χ4n) is 2.58. The largest absolute Gasteiger partial charge is 0.497 e. The molecule has 0 radical (unpaired) electrons. The molecule has 0 bridgehead atoms. The van der Waals surface area contributed by atoms with E-state index in [9.17, 15) is 23.1 Å². The second-order valence-electron chi connectivity index (χ2n) is 5.85. The number of alkyl halides is 3. The van der Waals surface area contributed by atoms with Gasteiger partial charge in [-0.2, -0.15) is 13.2 Å². The maximum Gasteiger partial charge on any atom is 0.417 e. The van der Waals surface area contributed by atoms with Gasteiger partial charge in [0.15, 0.2) is 5.60 Å². The Morgan fingerprint density at radius 1 is 1.29 bits per heavy atom. The van der Waals surface area contributed by atoms with Crippen LogP contribution in [0.3, 0.4) is 0 Å². The first-order chi connectivity index (χ1) is 11.2. The summed E-state index contributed by atoms with van der Waals surface area (Å²) in [6, 6.07) is 7.00. The summed E-state index contributed by atoms with van der Waals surface area (Å²) in [5.41, 5.74) is -1.67. The van der Waals surface area contributed by atoms with Gasteiger partial charge in [0, 0.05) is 32.5 Å². The lowest BCUT2D eigenvalue weighted by molar-refractivity contribution is -0.271. The summed E-state index contributed by atoms with van der Waals surface area (Å²) in [6.07, 6.45) is -5.05. The minimum Gasteiger partial charge on any atom is -0.497 e. The standard InChI is InChI=1S/C16H21F3N2O3/c1-24-13-4-2-12(3-5-13)6-9-20-14(22)21-10-7-15(23,8-11-21)16(17,18)19/h2-5,23H,6-11H2,1H3,(H,20,22). The van der Waals surface area contributed by atoms with Gasteiger partial charge in [0.2, 0.25) is 0 Å². The van der Waals surface area contributed by atoms with E-state index in [1.807, 2.05) is 24.3 Å². The Hall–Kier alpha value is -1.96. The maximum absolute atomic E-state index is 12.7. The van der Waals surface area contributed by atoms with Crippen LogP contribution in [-0.2, 0) is 6.42 Å². The molecule has 5 nitrogen and oxygen atoms in total. The number of piperidine rings is 1. The Morgan fingerprint density at radius 3 is 2.38 bits per heavy atom. The Kier molecular flexibility index (Phi) is 5.58. The van der Waals surface area contributed by atoms with Crippen molar-refractivity contribution < 1.29 is 27.8 Å². The van der Waals surface area contributed by atoms with Gasteiger partial charge >= 0.3 is 12.2 Å². The molecule has 24 heavy (non-hydrogen) atoms. The number of halogens is 3. The van der Waals surface area contributed by atoms with Gasteiger partial charge < -0.3 is 20.1 Å². The van der Waals surface area contributed by atoms with Gasteiger partial charge in [0.1, 0.15) is 5.75 Å². The van der Waals surface area contributed by atoms with Crippen molar-refractivity contribution >= 4 is 6.03 Å². The van der Waals surface area contributed by atoms with Crippen LogP contribution >= 0.6 is 0 Å². The van der Waals surface area contributed by atoms with Crippen molar-refractivity contribution in [1.82, 2.24) is 10.2 Å². The van der Waals surface area contributed by atoms with Gasteiger partial charge in [-0.25, -0.2) is 4.79 Å². The molecule has 2 amide bonds. The average molecular weight is 346 g/mol. The molecule has 1 saturated heterocycles. The summed E-state index contributed by atoms with van der Waals surface area (Å²) in [4.78, 5) is 13.3. The van der Waals surface area contributed by atoms with E-state index in [4.69, 9.17) is 4.74 Å². The first-order valence-corrected chi connectivity index (χ1v) is 7.70. The van der Waals surface area contributed by atoms with Crippen molar-refractivity contribution in [3.63, 3.8) is 0 Å². The third-order valence-corrected chi connectivity index (χ3v) is 4.25. The van der Waals surface area contributed by atoms with Crippen molar-refractivity contribution in [2.75, 3.05) is 26.7 Å². The molecule has 0 unspecified atom stereocenters. The number of methoxy groups -OCH3 is 1. The molecule has 1 fully saturated rings. The fourth-order valence-corrected chi connectivity index (χ4v) is 2.58. The SMILES string of the molecule is COc1ccc(CCNC(=O)N2CCC(O)(C(F)(F)F)CC2)cc1. The van der Waals surface area contributed by atoms with E-state index < -0.39 is 30.7 Å². The summed E-state index contributed by atoms with van der Waals surface area (Å²) in [5, 5.41) is 12.3. The summed E-state index contributed by atoms with van der Waals surface area (Å²) < 4.78 is 43.2. The third-order valence-electron chi connectivity index (χ3n) is 4.25. The number of rotatable bonds is 4. The number of aliphatic hydroxyl groups is 1. The quantitative estimate of drug-likeness (QED) is 0.880. The highest BCUT2D eigenvalue weighted by molar-refractivity contribution is 5.74. The van der Waals surface area contributed by atoms with Crippen molar-refractivity contribution in [2.24, 2.45) is 0 Å². The van der Waals surface area contributed by atoms with Crippen LogP contribution in [0.5, 0.6) is 5.75 Å². The van der Waals surface area contributed by atoms with Gasteiger partial charge in [0.05, 0.1) is 7.11 Å². The summed E-state index contributed by atoms with van der Waals surface area (Å²) in [7, 11) is 1.58. The Bertz CT molecular complexity index is 553. The van der Waals surface area contributed by atoms with Crippen molar-refractivity contribution in [3.05, 3.63) is 29.8 Å². The zero-order valence-electron chi connectivity index (χ0n) is 13.4. The second-order valence-corrected chi connectivity index (χ2v) is 5.85. The van der Waals surface area contributed by atoms with Gasteiger partial charge in [-0.15, -0.1) is 0 Å². The minimum atomic E-state index is -4.66. The molecular weight excluding hydrogens is 325 g/mol. The van der Waals surface area contributed by atoms with E-state index in [0.29, 0.717) is 13.0 Å². The second kappa shape index (κ2) is 7.29. The topological polar surface area (TPSA) is 61.8 Å². The van der Waals surface area contributed by atoms with Gasteiger partial charge in [-0.05, 0) is 24.1 Å². The molecule has 1 aromatic carbocycles. The summed E-state index contributed by atoms with van der Waals surface area (Å²) >= 11 is 0. The predicted octanol–water partition coefficient (Wildman–Crippen LogP) is 2.34. The van der Waals surface area contributed by atoms with Gasteiger partial charge in [0.25, 0.3) is 0 Å². The number of likely N-dealkylation sites (tertiary alicyclic amines) is 1. The molecule has 134 valence electrons. The molecule has 1 aliphatic heterocycles.